The fourth-order valence-corrected chi connectivity index (χ4v) is 3.17. The van der Waals surface area contributed by atoms with E-state index >= 15 is 0 Å². The zero-order valence-electron chi connectivity index (χ0n) is 15.0. The number of hydrogen-bond donors (Lipinski definition) is 1. The SMILES string of the molecule is COc1cc(/C=C/C(=O)N2CC(C)CC(C)C2)ccc1OCC(N)=O. The molecule has 25 heavy (non-hydrogen) atoms. The van der Waals surface area contributed by atoms with Crippen LogP contribution in [0.25, 0.3) is 6.08 Å². The van der Waals surface area contributed by atoms with Crippen LogP contribution in [-0.2, 0) is 9.59 Å². The van der Waals surface area contributed by atoms with Crippen LogP contribution >= 0.6 is 0 Å². The number of primary amides is 1. The van der Waals surface area contributed by atoms with Gasteiger partial charge in [0.1, 0.15) is 0 Å². The molecule has 2 N–H and O–H groups in total. The number of piperidine rings is 1. The molecule has 1 fully saturated rings. The normalized spacial score (nSPS) is 20.5. The van der Waals surface area contributed by atoms with E-state index in [1.165, 1.54) is 7.11 Å². The minimum Gasteiger partial charge on any atom is -0.493 e. The molecule has 136 valence electrons. The van der Waals surface area contributed by atoms with E-state index in [1.807, 2.05) is 4.90 Å². The van der Waals surface area contributed by atoms with Gasteiger partial charge in [-0.05, 0) is 42.0 Å². The number of benzene rings is 1. The van der Waals surface area contributed by atoms with Crippen LogP contribution in [0.2, 0.25) is 0 Å². The molecule has 1 aromatic rings. The molecule has 6 nitrogen and oxygen atoms in total. The Hall–Kier alpha value is -2.50. The lowest BCUT2D eigenvalue weighted by molar-refractivity contribution is -0.128. The van der Waals surface area contributed by atoms with Crippen LogP contribution in [0.5, 0.6) is 11.5 Å². The second-order valence-corrected chi connectivity index (χ2v) is 6.69. The number of nitrogens with two attached hydrogens (primary N) is 1. The largest absolute Gasteiger partial charge is 0.493 e. The molecule has 2 rings (SSSR count). The van der Waals surface area contributed by atoms with Gasteiger partial charge >= 0.3 is 0 Å². The molecular weight excluding hydrogens is 320 g/mol. The van der Waals surface area contributed by atoms with Gasteiger partial charge in [0.25, 0.3) is 5.91 Å². The molecule has 0 radical (unpaired) electrons. The van der Waals surface area contributed by atoms with Crippen molar-refractivity contribution in [2.75, 3.05) is 26.8 Å². The highest BCUT2D eigenvalue weighted by molar-refractivity contribution is 5.92. The van der Waals surface area contributed by atoms with Gasteiger partial charge in [0.15, 0.2) is 18.1 Å². The van der Waals surface area contributed by atoms with Crippen LogP contribution in [0.15, 0.2) is 24.3 Å². The Bertz CT molecular complexity index is 647. The van der Waals surface area contributed by atoms with Crippen molar-refractivity contribution in [3.63, 3.8) is 0 Å². The highest BCUT2D eigenvalue weighted by Crippen LogP contribution is 2.28. The summed E-state index contributed by atoms with van der Waals surface area (Å²) >= 11 is 0. The number of hydrogen-bond acceptors (Lipinski definition) is 4. The van der Waals surface area contributed by atoms with Crippen molar-refractivity contribution in [1.29, 1.82) is 0 Å². The van der Waals surface area contributed by atoms with E-state index in [2.05, 4.69) is 13.8 Å². The Kier molecular flexibility index (Phi) is 6.44. The second-order valence-electron chi connectivity index (χ2n) is 6.69. The molecule has 1 heterocycles. The molecule has 6 heteroatoms. The predicted octanol–water partition coefficient (Wildman–Crippen LogP) is 2.08. The third kappa shape index (κ3) is 5.52. The van der Waals surface area contributed by atoms with Gasteiger partial charge in [-0.2, -0.15) is 0 Å². The smallest absolute Gasteiger partial charge is 0.255 e. The number of carbonyl (C=O) groups excluding carboxylic acids is 2. The van der Waals surface area contributed by atoms with E-state index in [-0.39, 0.29) is 12.5 Å². The van der Waals surface area contributed by atoms with Crippen molar-refractivity contribution in [3.8, 4) is 11.5 Å². The lowest BCUT2D eigenvalue weighted by Crippen LogP contribution is -2.41. The zero-order valence-corrected chi connectivity index (χ0v) is 15.0. The van der Waals surface area contributed by atoms with Gasteiger partial charge in [0, 0.05) is 19.2 Å². The number of nitrogens with zero attached hydrogens (tertiary/aromatic N) is 1. The second kappa shape index (κ2) is 8.55. The number of rotatable bonds is 6. The first-order valence-corrected chi connectivity index (χ1v) is 8.45. The number of likely N-dealkylation sites (tertiary alicyclic amines) is 1. The summed E-state index contributed by atoms with van der Waals surface area (Å²) in [6.07, 6.45) is 4.51. The molecule has 0 aliphatic carbocycles. The summed E-state index contributed by atoms with van der Waals surface area (Å²) in [7, 11) is 1.52. The fourth-order valence-electron chi connectivity index (χ4n) is 3.17. The van der Waals surface area contributed by atoms with Crippen LogP contribution in [0.4, 0.5) is 0 Å². The van der Waals surface area contributed by atoms with Crippen molar-refractivity contribution in [1.82, 2.24) is 4.90 Å². The lowest BCUT2D eigenvalue weighted by Gasteiger charge is -2.34. The van der Waals surface area contributed by atoms with Gasteiger partial charge in [-0.15, -0.1) is 0 Å². The Labute approximate surface area is 148 Å². The van der Waals surface area contributed by atoms with Crippen molar-refractivity contribution in [3.05, 3.63) is 29.8 Å². The molecule has 0 saturated carbocycles. The molecule has 0 spiro atoms. The number of methoxy groups -OCH3 is 1. The number of ether oxygens (including phenoxy) is 2. The first kappa shape index (κ1) is 18.8. The predicted molar refractivity (Wildman–Crippen MR) is 96.2 cm³/mol. The highest BCUT2D eigenvalue weighted by Gasteiger charge is 2.23. The topological polar surface area (TPSA) is 81.9 Å². The molecular formula is C19H26N2O4. The minimum absolute atomic E-state index is 0.0198. The van der Waals surface area contributed by atoms with E-state index in [0.29, 0.717) is 23.3 Å². The summed E-state index contributed by atoms with van der Waals surface area (Å²) in [5.41, 5.74) is 5.89. The summed E-state index contributed by atoms with van der Waals surface area (Å²) < 4.78 is 10.6. The summed E-state index contributed by atoms with van der Waals surface area (Å²) in [5.74, 6) is 1.44. The van der Waals surface area contributed by atoms with Gasteiger partial charge in [-0.25, -0.2) is 0 Å². The maximum absolute atomic E-state index is 12.4. The first-order chi connectivity index (χ1) is 11.9. The number of carbonyl (C=O) groups is 2. The Balaban J connectivity index is 2.04. The van der Waals surface area contributed by atoms with E-state index in [9.17, 15) is 9.59 Å². The quantitative estimate of drug-likeness (QED) is 0.800. The van der Waals surface area contributed by atoms with Crippen LogP contribution in [0, 0.1) is 11.8 Å². The van der Waals surface area contributed by atoms with Gasteiger partial charge in [-0.1, -0.05) is 19.9 Å². The van der Waals surface area contributed by atoms with Crippen molar-refractivity contribution in [2.45, 2.75) is 20.3 Å². The highest BCUT2D eigenvalue weighted by atomic mass is 16.5. The Morgan fingerprint density at radius 2 is 1.92 bits per heavy atom. The molecule has 1 saturated heterocycles. The maximum atomic E-state index is 12.4. The van der Waals surface area contributed by atoms with Gasteiger partial charge in [0.05, 0.1) is 7.11 Å². The zero-order chi connectivity index (χ0) is 18.4. The van der Waals surface area contributed by atoms with Crippen LogP contribution in [-0.4, -0.2) is 43.5 Å². The minimum atomic E-state index is -0.554. The third-order valence-electron chi connectivity index (χ3n) is 4.16. The van der Waals surface area contributed by atoms with Crippen molar-refractivity contribution in [2.24, 2.45) is 17.6 Å². The number of amides is 2. The van der Waals surface area contributed by atoms with Crippen molar-refractivity contribution < 1.29 is 19.1 Å². The molecule has 2 amide bonds. The Morgan fingerprint density at radius 1 is 1.24 bits per heavy atom. The van der Waals surface area contributed by atoms with Crippen molar-refractivity contribution >= 4 is 17.9 Å². The molecule has 1 aliphatic heterocycles. The molecule has 1 aliphatic rings. The van der Waals surface area contributed by atoms with E-state index < -0.39 is 5.91 Å². The first-order valence-electron chi connectivity index (χ1n) is 8.45. The van der Waals surface area contributed by atoms with Gasteiger partial charge in [-0.3, -0.25) is 9.59 Å². The lowest BCUT2D eigenvalue weighted by atomic mass is 9.92. The van der Waals surface area contributed by atoms with E-state index in [4.69, 9.17) is 15.2 Å². The summed E-state index contributed by atoms with van der Waals surface area (Å²) in [5, 5.41) is 0. The van der Waals surface area contributed by atoms with Crippen LogP contribution in [0.1, 0.15) is 25.8 Å². The van der Waals surface area contributed by atoms with Gasteiger partial charge < -0.3 is 20.1 Å². The van der Waals surface area contributed by atoms with Crippen LogP contribution < -0.4 is 15.2 Å². The maximum Gasteiger partial charge on any atom is 0.255 e. The average molecular weight is 346 g/mol. The molecule has 0 bridgehead atoms. The molecule has 2 atom stereocenters. The summed E-state index contributed by atoms with van der Waals surface area (Å²) in [4.78, 5) is 25.1. The van der Waals surface area contributed by atoms with Gasteiger partial charge in [0.2, 0.25) is 5.91 Å². The molecule has 1 aromatic carbocycles. The third-order valence-corrected chi connectivity index (χ3v) is 4.16. The standard InChI is InChI=1S/C19H26N2O4/c1-13-8-14(2)11-21(10-13)19(23)7-5-15-4-6-16(17(9-15)24-3)25-12-18(20)22/h4-7,9,13-14H,8,10-12H2,1-3H3,(H2,20,22)/b7-5+. The van der Waals surface area contributed by atoms with E-state index in [1.54, 1.807) is 30.4 Å². The Morgan fingerprint density at radius 3 is 2.52 bits per heavy atom. The monoisotopic (exact) mass is 346 g/mol. The van der Waals surface area contributed by atoms with Crippen LogP contribution in [0.3, 0.4) is 0 Å². The molecule has 2 unspecified atom stereocenters. The van der Waals surface area contributed by atoms with E-state index in [0.717, 1.165) is 25.1 Å². The summed E-state index contributed by atoms with van der Waals surface area (Å²) in [6.45, 7) is 5.74. The molecule has 0 aromatic heterocycles. The average Bonchev–Trinajstić information content (AvgIpc) is 2.57. The summed E-state index contributed by atoms with van der Waals surface area (Å²) in [6, 6.07) is 5.24. The fraction of sp³-hybridized carbons (Fsp3) is 0.474.